The smallest absolute Gasteiger partial charge is 0.231 e. The Morgan fingerprint density at radius 1 is 1.38 bits per heavy atom. The molecule has 1 fully saturated rings. The highest BCUT2D eigenvalue weighted by molar-refractivity contribution is 5.94. The molecule has 1 aromatic rings. The molecule has 1 amide bonds. The third kappa shape index (κ3) is 3.95. The summed E-state index contributed by atoms with van der Waals surface area (Å²) in [6.07, 6.45) is 0.136. The number of hydrogen-bond donors (Lipinski definition) is 2. The van der Waals surface area contributed by atoms with E-state index < -0.39 is 0 Å². The first-order valence-electron chi connectivity index (χ1n) is 7.34. The van der Waals surface area contributed by atoms with Crippen molar-refractivity contribution < 1.29 is 14.3 Å². The minimum atomic E-state index is -0.152. The monoisotopic (exact) mass is 292 g/mol. The van der Waals surface area contributed by atoms with Crippen molar-refractivity contribution in [3.8, 4) is 5.75 Å². The molecule has 1 aliphatic rings. The predicted molar refractivity (Wildman–Crippen MR) is 82.7 cm³/mol. The van der Waals surface area contributed by atoms with Gasteiger partial charge in [0.25, 0.3) is 0 Å². The van der Waals surface area contributed by atoms with Crippen molar-refractivity contribution in [3.63, 3.8) is 0 Å². The maximum Gasteiger partial charge on any atom is 0.231 e. The normalized spacial score (nSPS) is 21.6. The highest BCUT2D eigenvalue weighted by Crippen LogP contribution is 2.24. The number of amides is 1. The van der Waals surface area contributed by atoms with Gasteiger partial charge in [0, 0.05) is 11.7 Å². The van der Waals surface area contributed by atoms with Gasteiger partial charge in [0.1, 0.15) is 5.75 Å². The van der Waals surface area contributed by atoms with Crippen molar-refractivity contribution in [2.75, 3.05) is 25.6 Å². The van der Waals surface area contributed by atoms with Crippen LogP contribution in [0.4, 0.5) is 5.69 Å². The van der Waals surface area contributed by atoms with Crippen molar-refractivity contribution in [1.82, 2.24) is 5.32 Å². The minimum absolute atomic E-state index is 0.00696. The molecule has 2 N–H and O–H groups in total. The first-order valence-corrected chi connectivity index (χ1v) is 7.34. The summed E-state index contributed by atoms with van der Waals surface area (Å²) in [5.74, 6) is 0.659. The van der Waals surface area contributed by atoms with Crippen LogP contribution < -0.4 is 15.4 Å². The molecule has 2 unspecified atom stereocenters. The fourth-order valence-corrected chi connectivity index (χ4v) is 2.44. The number of aryl methyl sites for hydroxylation is 1. The first-order chi connectivity index (χ1) is 10.0. The van der Waals surface area contributed by atoms with Crippen LogP contribution in [0.2, 0.25) is 0 Å². The van der Waals surface area contributed by atoms with Crippen LogP contribution in [-0.4, -0.2) is 38.3 Å². The van der Waals surface area contributed by atoms with Gasteiger partial charge >= 0.3 is 0 Å². The van der Waals surface area contributed by atoms with E-state index in [4.69, 9.17) is 9.47 Å². The molecule has 0 saturated carbocycles. The second-order valence-corrected chi connectivity index (χ2v) is 5.67. The zero-order valence-electron chi connectivity index (χ0n) is 13.1. The van der Waals surface area contributed by atoms with E-state index in [1.807, 2.05) is 46.0 Å². The van der Waals surface area contributed by atoms with Crippen LogP contribution in [0.1, 0.15) is 19.4 Å². The average Bonchev–Trinajstić information content (AvgIpc) is 2.89. The number of nitrogens with one attached hydrogen (secondary N) is 2. The maximum absolute atomic E-state index is 12.3. The van der Waals surface area contributed by atoms with Gasteiger partial charge in [-0.15, -0.1) is 0 Å². The molecular formula is C16H24N2O3. The van der Waals surface area contributed by atoms with E-state index in [2.05, 4.69) is 10.6 Å². The van der Waals surface area contributed by atoms with E-state index in [9.17, 15) is 4.79 Å². The van der Waals surface area contributed by atoms with Crippen LogP contribution >= 0.6 is 0 Å². The lowest BCUT2D eigenvalue weighted by Crippen LogP contribution is -2.39. The summed E-state index contributed by atoms with van der Waals surface area (Å²) in [4.78, 5) is 12.3. The Morgan fingerprint density at radius 3 is 2.76 bits per heavy atom. The van der Waals surface area contributed by atoms with Gasteiger partial charge < -0.3 is 20.1 Å². The highest BCUT2D eigenvalue weighted by atomic mass is 16.5. The Morgan fingerprint density at radius 2 is 2.14 bits per heavy atom. The molecule has 5 nitrogen and oxygen atoms in total. The fraction of sp³-hybridized carbons (Fsp3) is 0.562. The lowest BCUT2D eigenvalue weighted by atomic mass is 10.0. The van der Waals surface area contributed by atoms with E-state index in [0.717, 1.165) is 17.0 Å². The summed E-state index contributed by atoms with van der Waals surface area (Å²) in [6.45, 7) is 6.98. The highest BCUT2D eigenvalue weighted by Gasteiger charge is 2.33. The number of carbonyl (C=O) groups excluding carboxylic acids is 1. The third-order valence-corrected chi connectivity index (χ3v) is 3.62. The molecule has 1 aromatic carbocycles. The molecule has 2 rings (SSSR count). The van der Waals surface area contributed by atoms with Gasteiger partial charge in [-0.25, -0.2) is 0 Å². The summed E-state index contributed by atoms with van der Waals surface area (Å²) >= 11 is 0. The Hall–Kier alpha value is -1.59. The number of hydrogen-bond acceptors (Lipinski definition) is 4. The van der Waals surface area contributed by atoms with Crippen molar-refractivity contribution in [3.05, 3.63) is 23.8 Å². The molecule has 1 saturated heterocycles. The molecule has 1 heterocycles. The topological polar surface area (TPSA) is 59.6 Å². The summed E-state index contributed by atoms with van der Waals surface area (Å²) in [5.41, 5.74) is 1.80. The van der Waals surface area contributed by atoms with E-state index in [0.29, 0.717) is 13.2 Å². The van der Waals surface area contributed by atoms with Gasteiger partial charge in [-0.1, -0.05) is 0 Å². The largest absolute Gasteiger partial charge is 0.491 e. The summed E-state index contributed by atoms with van der Waals surface area (Å²) < 4.78 is 11.0. The number of likely N-dealkylation sites (N-methyl/N-ethyl adjacent to an activating group) is 1. The number of benzene rings is 1. The zero-order valence-corrected chi connectivity index (χ0v) is 13.1. The van der Waals surface area contributed by atoms with Gasteiger partial charge in [-0.3, -0.25) is 4.79 Å². The number of ether oxygens (including phenoxy) is 2. The molecule has 0 bridgehead atoms. The van der Waals surface area contributed by atoms with Crippen LogP contribution in [0.25, 0.3) is 0 Å². The Bertz CT molecular complexity index is 502. The van der Waals surface area contributed by atoms with Crippen LogP contribution in [0, 0.1) is 12.8 Å². The summed E-state index contributed by atoms with van der Waals surface area (Å²) in [5, 5.41) is 6.10. The Kier molecular flexibility index (Phi) is 5.20. The van der Waals surface area contributed by atoms with Gasteiger partial charge in [0.05, 0.1) is 25.2 Å². The molecule has 21 heavy (non-hydrogen) atoms. The summed E-state index contributed by atoms with van der Waals surface area (Å²) in [7, 11) is 1.85. The van der Waals surface area contributed by atoms with E-state index >= 15 is 0 Å². The molecule has 5 heteroatoms. The lowest BCUT2D eigenvalue weighted by molar-refractivity contribution is -0.120. The van der Waals surface area contributed by atoms with Crippen molar-refractivity contribution in [2.45, 2.75) is 32.9 Å². The van der Waals surface area contributed by atoms with Crippen LogP contribution in [-0.2, 0) is 9.53 Å². The quantitative estimate of drug-likeness (QED) is 0.871. The number of carbonyl (C=O) groups is 1. The van der Waals surface area contributed by atoms with Crippen molar-refractivity contribution >= 4 is 11.6 Å². The van der Waals surface area contributed by atoms with Gasteiger partial charge in [0.15, 0.2) is 0 Å². The first kappa shape index (κ1) is 15.8. The minimum Gasteiger partial charge on any atom is -0.491 e. The average molecular weight is 292 g/mol. The molecule has 0 radical (unpaired) electrons. The van der Waals surface area contributed by atoms with Crippen LogP contribution in [0.15, 0.2) is 18.2 Å². The fourth-order valence-electron chi connectivity index (χ4n) is 2.44. The Labute approximate surface area is 126 Å². The van der Waals surface area contributed by atoms with Gasteiger partial charge in [-0.2, -0.15) is 0 Å². The van der Waals surface area contributed by atoms with E-state index in [1.54, 1.807) is 0 Å². The SMILES string of the molecule is CNC1COCC1C(=O)Nc1ccc(OC(C)C)cc1C. The van der Waals surface area contributed by atoms with Crippen molar-refractivity contribution in [1.29, 1.82) is 0 Å². The second-order valence-electron chi connectivity index (χ2n) is 5.67. The van der Waals surface area contributed by atoms with E-state index in [1.165, 1.54) is 0 Å². The molecule has 2 atom stereocenters. The molecule has 116 valence electrons. The maximum atomic E-state index is 12.3. The predicted octanol–water partition coefficient (Wildman–Crippen LogP) is 1.96. The molecule has 0 spiro atoms. The number of anilines is 1. The van der Waals surface area contributed by atoms with Crippen LogP contribution in [0.3, 0.4) is 0 Å². The lowest BCUT2D eigenvalue weighted by Gasteiger charge is -2.18. The molecule has 0 aliphatic carbocycles. The molecule has 0 aromatic heterocycles. The molecular weight excluding hydrogens is 268 g/mol. The third-order valence-electron chi connectivity index (χ3n) is 3.62. The second kappa shape index (κ2) is 6.91. The summed E-state index contributed by atoms with van der Waals surface area (Å²) in [6, 6.07) is 5.78. The number of rotatable bonds is 5. The van der Waals surface area contributed by atoms with Gasteiger partial charge in [-0.05, 0) is 51.6 Å². The Balaban J connectivity index is 2.04. The van der Waals surface area contributed by atoms with Crippen LogP contribution in [0.5, 0.6) is 5.75 Å². The standard InChI is InChI=1S/C16H24N2O3/c1-10(2)21-12-5-6-14(11(3)7-12)18-16(19)13-8-20-9-15(13)17-4/h5-7,10,13,15,17H,8-9H2,1-4H3,(H,18,19). The van der Waals surface area contributed by atoms with Crippen molar-refractivity contribution in [2.24, 2.45) is 5.92 Å². The van der Waals surface area contributed by atoms with E-state index in [-0.39, 0.29) is 24.0 Å². The molecule has 1 aliphatic heterocycles. The van der Waals surface area contributed by atoms with Gasteiger partial charge in [0.2, 0.25) is 5.91 Å². The zero-order chi connectivity index (χ0) is 15.4.